The number of aliphatic hydroxyl groups excluding tert-OH is 9. The maximum atomic E-state index is 12.5. The van der Waals surface area contributed by atoms with E-state index in [9.17, 15) is 55.9 Å². The van der Waals surface area contributed by atoms with Gasteiger partial charge in [-0.25, -0.2) is 4.79 Å². The van der Waals surface area contributed by atoms with Gasteiger partial charge in [-0.1, -0.05) is 60.1 Å². The van der Waals surface area contributed by atoms with Crippen LogP contribution in [0.4, 0.5) is 0 Å². The first-order chi connectivity index (χ1) is 26.3. The van der Waals surface area contributed by atoms with Gasteiger partial charge in [0.05, 0.1) is 42.5 Å². The van der Waals surface area contributed by atoms with Crippen LogP contribution in [0.25, 0.3) is 0 Å². The van der Waals surface area contributed by atoms with Crippen LogP contribution < -0.4 is 0 Å². The molecule has 0 spiro atoms. The molecule has 7 rings (SSSR count). The molecule has 0 aromatic heterocycles. The Labute approximate surface area is 335 Å². The number of carboxylic acid groups (broad SMARTS) is 1. The van der Waals surface area contributed by atoms with Gasteiger partial charge in [-0.2, -0.15) is 0 Å². The van der Waals surface area contributed by atoms with Gasteiger partial charge < -0.3 is 70.0 Å². The van der Waals surface area contributed by atoms with Gasteiger partial charge in [-0.3, -0.25) is 0 Å². The molecule has 21 atom stereocenters. The molecule has 0 amide bonds. The third-order valence-electron chi connectivity index (χ3n) is 17.5. The molecule has 326 valence electrons. The van der Waals surface area contributed by atoms with Crippen LogP contribution in [0.3, 0.4) is 0 Å². The third-order valence-corrected chi connectivity index (χ3v) is 17.5. The Balaban J connectivity index is 1.12. The Bertz CT molecular complexity index is 1570. The third kappa shape index (κ3) is 6.11. The number of aliphatic carboxylic acids is 1. The maximum absolute atomic E-state index is 12.5. The van der Waals surface area contributed by atoms with E-state index in [1.54, 1.807) is 0 Å². The first-order valence-corrected chi connectivity index (χ1v) is 21.0. The van der Waals surface area contributed by atoms with E-state index in [-0.39, 0.29) is 28.6 Å². The number of aliphatic hydroxyl groups is 9. The second-order valence-corrected chi connectivity index (χ2v) is 20.9. The lowest BCUT2D eigenvalue weighted by atomic mass is 9.33. The molecule has 7 aliphatic rings. The van der Waals surface area contributed by atoms with Gasteiger partial charge in [0.2, 0.25) is 0 Å². The molecule has 4 saturated carbocycles. The molecule has 2 heterocycles. The van der Waals surface area contributed by atoms with Gasteiger partial charge in [0.1, 0.15) is 36.6 Å². The molecule has 5 aliphatic carbocycles. The molecular formula is C42H68O15. The number of hydrogen-bond donors (Lipinski definition) is 10. The Morgan fingerprint density at radius 2 is 1.40 bits per heavy atom. The highest BCUT2D eigenvalue weighted by atomic mass is 16.7. The summed E-state index contributed by atoms with van der Waals surface area (Å²) in [6.07, 6.45) is -13.1. The van der Waals surface area contributed by atoms with Crippen LogP contribution in [-0.2, 0) is 23.7 Å². The Kier molecular flexibility index (Phi) is 11.0. The minimum atomic E-state index is -1.84. The van der Waals surface area contributed by atoms with Crippen molar-refractivity contribution in [3.8, 4) is 0 Å². The predicted octanol–water partition coefficient (Wildman–Crippen LogP) is 0.822. The van der Waals surface area contributed by atoms with Crippen molar-refractivity contribution in [3.63, 3.8) is 0 Å². The predicted molar refractivity (Wildman–Crippen MR) is 201 cm³/mol. The van der Waals surface area contributed by atoms with E-state index in [1.165, 1.54) is 12.5 Å². The van der Waals surface area contributed by atoms with Crippen molar-refractivity contribution in [2.75, 3.05) is 6.61 Å². The van der Waals surface area contributed by atoms with Crippen molar-refractivity contribution in [2.45, 2.75) is 186 Å². The zero-order valence-corrected chi connectivity index (χ0v) is 34.6. The van der Waals surface area contributed by atoms with E-state index in [0.717, 1.165) is 25.7 Å². The maximum Gasteiger partial charge on any atom is 0.335 e. The number of rotatable bonds is 6. The number of hydrogen-bond acceptors (Lipinski definition) is 14. The zero-order valence-electron chi connectivity index (χ0n) is 34.6. The summed E-state index contributed by atoms with van der Waals surface area (Å²) in [6.45, 7) is 16.1. The van der Waals surface area contributed by atoms with Crippen molar-refractivity contribution in [3.05, 3.63) is 11.6 Å². The highest BCUT2D eigenvalue weighted by Crippen LogP contribution is 2.76. The summed E-state index contributed by atoms with van der Waals surface area (Å²) in [5.41, 5.74) is -2.11. The van der Waals surface area contributed by atoms with Gasteiger partial charge in [0.25, 0.3) is 0 Å². The normalized spacial score (nSPS) is 55.7. The van der Waals surface area contributed by atoms with Crippen molar-refractivity contribution < 1.29 is 74.8 Å². The molecule has 2 saturated heterocycles. The quantitative estimate of drug-likeness (QED) is 0.132. The molecule has 10 N–H and O–H groups in total. The van der Waals surface area contributed by atoms with Gasteiger partial charge in [-0.15, -0.1) is 0 Å². The molecule has 0 radical (unpaired) electrons. The van der Waals surface area contributed by atoms with Crippen LogP contribution in [-0.4, -0.2) is 149 Å². The second kappa shape index (κ2) is 14.4. The zero-order chi connectivity index (χ0) is 42.2. The Hall–Kier alpha value is -1.31. The fraction of sp³-hybridized carbons (Fsp3) is 0.929. The number of carbonyl (C=O) groups is 1. The summed E-state index contributed by atoms with van der Waals surface area (Å²) in [4.78, 5) is 12.5. The minimum Gasteiger partial charge on any atom is -0.479 e. The van der Waals surface area contributed by atoms with E-state index in [1.807, 2.05) is 13.8 Å². The summed E-state index contributed by atoms with van der Waals surface area (Å²) < 4.78 is 23.5. The Morgan fingerprint density at radius 3 is 2.04 bits per heavy atom. The Morgan fingerprint density at radius 1 is 0.772 bits per heavy atom. The van der Waals surface area contributed by atoms with Crippen LogP contribution in [0.15, 0.2) is 11.6 Å². The molecule has 0 aromatic carbocycles. The molecule has 0 aromatic rings. The number of allylic oxidation sites excluding steroid dienone is 2. The number of carboxylic acids is 1. The van der Waals surface area contributed by atoms with Crippen LogP contribution >= 0.6 is 0 Å². The van der Waals surface area contributed by atoms with Gasteiger partial charge >= 0.3 is 5.97 Å². The lowest BCUT2D eigenvalue weighted by Crippen LogP contribution is -2.71. The van der Waals surface area contributed by atoms with E-state index in [0.29, 0.717) is 19.3 Å². The monoisotopic (exact) mass is 812 g/mol. The lowest BCUT2D eigenvalue weighted by molar-refractivity contribution is -0.361. The summed E-state index contributed by atoms with van der Waals surface area (Å²) in [5, 5.41) is 109. The molecule has 15 heteroatoms. The molecule has 15 nitrogen and oxygen atoms in total. The van der Waals surface area contributed by atoms with Crippen molar-refractivity contribution in [1.82, 2.24) is 0 Å². The fourth-order valence-electron chi connectivity index (χ4n) is 13.9. The number of fused-ring (bicyclic) bond motifs is 7. The van der Waals surface area contributed by atoms with Crippen LogP contribution in [0.5, 0.6) is 0 Å². The SMILES string of the molecule is CC1OC(OC2C(C(=O)O)OC(OC3CCC4(C)C(CCC5(C)C4CC=C4C6CC(C)(C)C(O)C(O)C6(CO)C(O)CC45C)C3(C)C)C(O)C2O)C(O)C(O)C1O. The highest BCUT2D eigenvalue weighted by molar-refractivity contribution is 5.73. The molecule has 2 aliphatic heterocycles. The van der Waals surface area contributed by atoms with E-state index in [4.69, 9.17) is 18.9 Å². The van der Waals surface area contributed by atoms with E-state index < -0.39 is 120 Å². The summed E-state index contributed by atoms with van der Waals surface area (Å²) >= 11 is 0. The average molecular weight is 813 g/mol. The van der Waals surface area contributed by atoms with E-state index in [2.05, 4.69) is 40.7 Å². The summed E-state index contributed by atoms with van der Waals surface area (Å²) in [5.74, 6) is -1.49. The average Bonchev–Trinajstić information content (AvgIpc) is 3.12. The second-order valence-electron chi connectivity index (χ2n) is 20.9. The number of ether oxygens (including phenoxy) is 4. The van der Waals surface area contributed by atoms with Gasteiger partial charge in [-0.05, 0) is 96.7 Å². The topological polar surface area (TPSA) is 256 Å². The fourth-order valence-corrected chi connectivity index (χ4v) is 13.9. The van der Waals surface area contributed by atoms with E-state index >= 15 is 0 Å². The smallest absolute Gasteiger partial charge is 0.335 e. The summed E-state index contributed by atoms with van der Waals surface area (Å²) in [6, 6.07) is 0. The van der Waals surface area contributed by atoms with Gasteiger partial charge in [0, 0.05) is 0 Å². The van der Waals surface area contributed by atoms with Crippen LogP contribution in [0.1, 0.15) is 100 Å². The van der Waals surface area contributed by atoms with Gasteiger partial charge in [0.15, 0.2) is 18.7 Å². The lowest BCUT2D eigenvalue weighted by Gasteiger charge is -2.72. The summed E-state index contributed by atoms with van der Waals surface area (Å²) in [7, 11) is 0. The molecular weight excluding hydrogens is 744 g/mol. The molecule has 0 bridgehead atoms. The first-order valence-electron chi connectivity index (χ1n) is 21.0. The standard InChI is InChI=1S/C42H68O15/c1-18-25(45)26(46)28(48)35(54-18)56-30-27(47)29(49)36(57-31(30)34(52)53)55-24-12-13-39(6)21(38(24,4)5)11-14-40(7)22(39)10-9-19-20-15-37(2,3)32(50)33(51)42(20,17-43)23(44)16-41(19,40)8/h9,18,20-33,35-36,43-51H,10-17H2,1-8H3,(H,52,53). The van der Waals surface area contributed by atoms with Crippen LogP contribution in [0, 0.1) is 50.2 Å². The highest BCUT2D eigenvalue weighted by Gasteiger charge is 2.72. The largest absolute Gasteiger partial charge is 0.479 e. The van der Waals surface area contributed by atoms with Crippen LogP contribution in [0.2, 0.25) is 0 Å². The van der Waals surface area contributed by atoms with Crippen molar-refractivity contribution >= 4 is 5.97 Å². The molecule has 57 heavy (non-hydrogen) atoms. The first kappa shape index (κ1) is 43.8. The molecule has 21 unspecified atom stereocenters. The molecule has 6 fully saturated rings. The van der Waals surface area contributed by atoms with Crippen molar-refractivity contribution in [2.24, 2.45) is 50.2 Å². The minimum absolute atomic E-state index is 0.127. The van der Waals surface area contributed by atoms with Crippen molar-refractivity contribution in [1.29, 1.82) is 0 Å².